The molecule has 1 atom stereocenters. The molecule has 1 aromatic carbocycles. The van der Waals surface area contributed by atoms with Gasteiger partial charge in [-0.2, -0.15) is 13.2 Å². The quantitative estimate of drug-likeness (QED) is 0.507. The normalized spacial score (nSPS) is 24.4. The van der Waals surface area contributed by atoms with E-state index in [-0.39, 0.29) is 0 Å². The molecule has 0 aliphatic carbocycles. The molecule has 1 aliphatic heterocycles. The summed E-state index contributed by atoms with van der Waals surface area (Å²) in [6.07, 6.45) is 5.70. The molecule has 0 nitrogen and oxygen atoms in total. The molecule has 2 rings (SSSR count). The van der Waals surface area contributed by atoms with Crippen LogP contribution < -0.4 is 0 Å². The van der Waals surface area contributed by atoms with Gasteiger partial charge in [0.15, 0.2) is 0 Å². The number of halogens is 4. The molecule has 118 valence electrons. The number of aryl methyl sites for hydroxylation is 1. The molecule has 0 radical (unpaired) electrons. The molecule has 1 aliphatic rings. The molecule has 0 spiro atoms. The summed E-state index contributed by atoms with van der Waals surface area (Å²) in [7, 11) is -3.06. The molecule has 0 saturated carbocycles. The monoisotopic (exact) mass is 380 g/mol. The number of hydrogen-bond acceptors (Lipinski definition) is 0. The number of allylic oxidation sites excluding steroid dienone is 1. The van der Waals surface area contributed by atoms with Crippen LogP contribution >= 0.6 is 23.3 Å². The van der Waals surface area contributed by atoms with E-state index < -0.39 is 14.0 Å². The lowest BCUT2D eigenvalue weighted by Crippen LogP contribution is -2.16. The lowest BCUT2D eigenvalue weighted by Gasteiger charge is -2.35. The zero-order valence-electron chi connectivity index (χ0n) is 12.3. The van der Waals surface area contributed by atoms with Gasteiger partial charge in [-0.05, 0) is 70.7 Å². The lowest BCUT2D eigenvalue weighted by atomic mass is 10.1. The molecule has 5 heteroatoms. The summed E-state index contributed by atoms with van der Waals surface area (Å²) in [5, 5.41) is 0. The Balaban J connectivity index is 2.49. The van der Waals surface area contributed by atoms with Gasteiger partial charge in [0, 0.05) is 4.90 Å². The highest BCUT2D eigenvalue weighted by Crippen LogP contribution is 2.81. The van der Waals surface area contributed by atoms with E-state index in [0.29, 0.717) is 16.2 Å². The van der Waals surface area contributed by atoms with Crippen LogP contribution in [0.5, 0.6) is 0 Å². The molecule has 1 aromatic rings. The first-order chi connectivity index (χ1) is 9.84. The van der Waals surface area contributed by atoms with Crippen molar-refractivity contribution in [2.24, 2.45) is 0 Å². The maximum absolute atomic E-state index is 13.8. The van der Waals surface area contributed by atoms with Gasteiger partial charge in [-0.3, -0.25) is 0 Å². The lowest BCUT2D eigenvalue weighted by molar-refractivity contribution is -0.0355. The summed E-state index contributed by atoms with van der Waals surface area (Å²) in [5.41, 5.74) is -2.53. The van der Waals surface area contributed by atoms with Crippen molar-refractivity contribution < 1.29 is 13.2 Å². The SMILES string of the molecule is CCCCC1=Cc2ccc(CCC)cc2S1(Br)C(F)(F)F. The molecule has 0 fully saturated rings. The minimum Gasteiger partial charge on any atom is -0.160 e. The van der Waals surface area contributed by atoms with Crippen molar-refractivity contribution >= 4 is 29.4 Å². The van der Waals surface area contributed by atoms with E-state index in [9.17, 15) is 13.2 Å². The third-order valence-corrected chi connectivity index (χ3v) is 9.73. The molecular formula is C16H20BrF3S. The van der Waals surface area contributed by atoms with Crippen LogP contribution in [0.4, 0.5) is 13.2 Å². The Morgan fingerprint density at radius 1 is 1.10 bits per heavy atom. The van der Waals surface area contributed by atoms with Crippen LogP contribution in [0.1, 0.15) is 50.7 Å². The van der Waals surface area contributed by atoms with Crippen LogP contribution in [-0.4, -0.2) is 5.51 Å². The van der Waals surface area contributed by atoms with Gasteiger partial charge in [-0.25, -0.2) is 0 Å². The zero-order valence-corrected chi connectivity index (χ0v) is 14.7. The minimum absolute atomic E-state index is 0.437. The molecule has 1 heterocycles. The van der Waals surface area contributed by atoms with Crippen LogP contribution in [0.25, 0.3) is 6.08 Å². The highest BCUT2D eigenvalue weighted by molar-refractivity contribution is 9.59. The fourth-order valence-electron chi connectivity index (χ4n) is 2.62. The largest absolute Gasteiger partial charge is 0.442 e. The Kier molecular flexibility index (Phi) is 5.14. The maximum Gasteiger partial charge on any atom is 0.442 e. The minimum atomic E-state index is -4.25. The smallest absolute Gasteiger partial charge is 0.160 e. The van der Waals surface area contributed by atoms with Gasteiger partial charge >= 0.3 is 5.51 Å². The molecule has 0 amide bonds. The van der Waals surface area contributed by atoms with Gasteiger partial charge in [0.2, 0.25) is 0 Å². The first kappa shape index (κ1) is 16.9. The van der Waals surface area contributed by atoms with Crippen molar-refractivity contribution in [2.75, 3.05) is 0 Å². The van der Waals surface area contributed by atoms with Gasteiger partial charge in [-0.1, -0.05) is 38.8 Å². The number of benzene rings is 1. The predicted octanol–water partition coefficient (Wildman–Crippen LogP) is 7.18. The standard InChI is InChI=1S/C16H20BrF3S/c1-3-5-7-14-11-13-9-8-12(6-4-2)10-15(13)21(14,17)16(18,19)20/h8-11H,3-7H2,1-2H3. The molecule has 0 bridgehead atoms. The van der Waals surface area contributed by atoms with Crippen LogP contribution in [0.15, 0.2) is 28.0 Å². The second kappa shape index (κ2) is 6.37. The Morgan fingerprint density at radius 2 is 1.81 bits per heavy atom. The summed E-state index contributed by atoms with van der Waals surface area (Å²) < 4.78 is 41.3. The van der Waals surface area contributed by atoms with Gasteiger partial charge in [0.1, 0.15) is 0 Å². The fraction of sp³-hybridized carbons (Fsp3) is 0.500. The molecule has 0 aromatic heterocycles. The zero-order chi connectivity index (χ0) is 15.7. The highest BCUT2D eigenvalue weighted by atomic mass is 79.9. The molecule has 21 heavy (non-hydrogen) atoms. The van der Waals surface area contributed by atoms with E-state index >= 15 is 0 Å². The molecule has 0 N–H and O–H groups in total. The summed E-state index contributed by atoms with van der Waals surface area (Å²) in [4.78, 5) is 0.951. The first-order valence-electron chi connectivity index (χ1n) is 7.27. The molecular weight excluding hydrogens is 361 g/mol. The highest BCUT2D eigenvalue weighted by Gasteiger charge is 2.54. The van der Waals surface area contributed by atoms with Gasteiger partial charge < -0.3 is 0 Å². The van der Waals surface area contributed by atoms with Gasteiger partial charge in [-0.15, -0.1) is 0 Å². The second-order valence-electron chi connectivity index (χ2n) is 5.32. The van der Waals surface area contributed by atoms with Crippen molar-refractivity contribution in [2.45, 2.75) is 56.4 Å². The van der Waals surface area contributed by atoms with E-state index in [1.165, 1.54) is 0 Å². The van der Waals surface area contributed by atoms with E-state index in [2.05, 4.69) is 14.8 Å². The number of hydrogen-bond donors (Lipinski definition) is 0. The molecule has 0 saturated heterocycles. The number of rotatable bonds is 5. The van der Waals surface area contributed by atoms with E-state index in [1.54, 1.807) is 12.1 Å². The van der Waals surface area contributed by atoms with Crippen molar-refractivity contribution in [1.29, 1.82) is 0 Å². The summed E-state index contributed by atoms with van der Waals surface area (Å²) in [6, 6.07) is 5.55. The fourth-order valence-corrected chi connectivity index (χ4v) is 6.54. The number of fused-ring (bicyclic) bond motifs is 1. The van der Waals surface area contributed by atoms with Gasteiger partial charge in [0.05, 0.1) is 0 Å². The third kappa shape index (κ3) is 3.04. The van der Waals surface area contributed by atoms with E-state index in [4.69, 9.17) is 0 Å². The van der Waals surface area contributed by atoms with E-state index in [0.717, 1.165) is 36.8 Å². The third-order valence-electron chi connectivity index (χ3n) is 3.69. The average Bonchev–Trinajstić information content (AvgIpc) is 2.71. The second-order valence-corrected chi connectivity index (χ2v) is 10.7. The Labute approximate surface area is 133 Å². The summed E-state index contributed by atoms with van der Waals surface area (Å²) in [6.45, 7) is 4.04. The molecule has 1 unspecified atom stereocenters. The number of unbranched alkanes of at least 4 members (excludes halogenated alkanes) is 1. The summed E-state index contributed by atoms with van der Waals surface area (Å²) in [5.74, 6) is 0. The Bertz CT molecular complexity index is 551. The van der Waals surface area contributed by atoms with E-state index in [1.807, 2.05) is 26.0 Å². The van der Waals surface area contributed by atoms with Crippen molar-refractivity contribution in [3.63, 3.8) is 0 Å². The van der Waals surface area contributed by atoms with Gasteiger partial charge in [0.25, 0.3) is 0 Å². The van der Waals surface area contributed by atoms with Crippen molar-refractivity contribution in [3.8, 4) is 0 Å². The maximum atomic E-state index is 13.8. The van der Waals surface area contributed by atoms with Crippen LogP contribution in [0, 0.1) is 0 Å². The summed E-state index contributed by atoms with van der Waals surface area (Å²) >= 11 is 3.14. The Morgan fingerprint density at radius 3 is 2.38 bits per heavy atom. The predicted molar refractivity (Wildman–Crippen MR) is 88.8 cm³/mol. The van der Waals surface area contributed by atoms with Crippen LogP contribution in [-0.2, 0) is 6.42 Å². The topological polar surface area (TPSA) is 0 Å². The first-order valence-corrected chi connectivity index (χ1v) is 10.7. The van der Waals surface area contributed by atoms with Crippen molar-refractivity contribution in [3.05, 3.63) is 34.2 Å². The van der Waals surface area contributed by atoms with Crippen molar-refractivity contribution in [1.82, 2.24) is 0 Å². The Hall–Kier alpha value is -0.420. The van der Waals surface area contributed by atoms with Crippen LogP contribution in [0.3, 0.4) is 0 Å². The number of alkyl halides is 3. The average molecular weight is 381 g/mol. The van der Waals surface area contributed by atoms with Crippen LogP contribution in [0.2, 0.25) is 0 Å².